The Hall–Kier alpha value is -2.95. The molecule has 0 unspecified atom stereocenters. The summed E-state index contributed by atoms with van der Waals surface area (Å²) < 4.78 is 18.4. The van der Waals surface area contributed by atoms with Crippen LogP contribution in [0.5, 0.6) is 11.5 Å². The number of carbonyl (C=O) groups is 1. The van der Waals surface area contributed by atoms with Gasteiger partial charge in [0.15, 0.2) is 11.5 Å². The number of benzene rings is 2. The third kappa shape index (κ3) is 7.83. The second kappa shape index (κ2) is 14.1. The molecule has 0 spiro atoms. The van der Waals surface area contributed by atoms with E-state index in [4.69, 9.17) is 14.2 Å². The molecule has 1 aliphatic carbocycles. The van der Waals surface area contributed by atoms with Crippen molar-refractivity contribution in [1.29, 1.82) is 0 Å². The molecular formula is C30H38BrN5O4. The van der Waals surface area contributed by atoms with Crippen molar-refractivity contribution in [2.45, 2.75) is 32.1 Å². The Kier molecular flexibility index (Phi) is 10.1. The smallest absolute Gasteiger partial charge is 0.320 e. The van der Waals surface area contributed by atoms with Crippen LogP contribution in [0.3, 0.4) is 0 Å². The van der Waals surface area contributed by atoms with Gasteiger partial charge in [-0.3, -0.25) is 14.6 Å². The number of nitrogens with one attached hydrogen (secondary N) is 1. The molecule has 1 saturated heterocycles. The number of ether oxygens (including phenoxy) is 3. The number of halogens is 1. The SMILES string of the molecule is COc1cc2ncnc(Nc3cccc(Br)c3)c2cc1OCCN1CCN(CC(=O)OCC2CCCCC2)CC1. The van der Waals surface area contributed by atoms with Crippen LogP contribution in [0.1, 0.15) is 32.1 Å². The molecule has 5 rings (SSSR count). The first kappa shape index (κ1) is 28.6. The van der Waals surface area contributed by atoms with Crippen LogP contribution in [-0.4, -0.2) is 85.3 Å². The molecule has 1 aliphatic heterocycles. The van der Waals surface area contributed by atoms with Crippen LogP contribution in [0.25, 0.3) is 10.9 Å². The fraction of sp³-hybridized carbons (Fsp3) is 0.500. The molecule has 0 bridgehead atoms. The molecule has 0 amide bonds. The van der Waals surface area contributed by atoms with Gasteiger partial charge < -0.3 is 19.5 Å². The first-order valence-electron chi connectivity index (χ1n) is 14.2. The Balaban J connectivity index is 1.11. The van der Waals surface area contributed by atoms with Crippen LogP contribution in [0, 0.1) is 5.92 Å². The molecule has 1 aromatic heterocycles. The van der Waals surface area contributed by atoms with E-state index in [1.165, 1.54) is 32.1 Å². The standard InChI is InChI=1S/C30H38BrN5O4/c1-38-27-18-26-25(30(33-21-32-26)34-24-9-5-8-23(31)16-24)17-28(27)39-15-14-35-10-12-36(13-11-35)19-29(37)40-20-22-6-3-2-4-7-22/h5,8-9,16-18,21-22H,2-4,6-7,10-15,19-20H2,1H3,(H,32,33,34). The number of fused-ring (bicyclic) bond motifs is 1. The summed E-state index contributed by atoms with van der Waals surface area (Å²) >= 11 is 3.51. The minimum absolute atomic E-state index is 0.0940. The first-order chi connectivity index (χ1) is 19.6. The van der Waals surface area contributed by atoms with E-state index in [1.54, 1.807) is 13.4 Å². The predicted molar refractivity (Wildman–Crippen MR) is 159 cm³/mol. The zero-order valence-electron chi connectivity index (χ0n) is 23.1. The summed E-state index contributed by atoms with van der Waals surface area (Å²) in [6.07, 6.45) is 7.77. The molecule has 2 heterocycles. The number of aromatic nitrogens is 2. The average Bonchev–Trinajstić information content (AvgIpc) is 2.97. The number of hydrogen-bond acceptors (Lipinski definition) is 9. The lowest BCUT2D eigenvalue weighted by molar-refractivity contribution is -0.147. The van der Waals surface area contributed by atoms with Crippen LogP contribution >= 0.6 is 15.9 Å². The molecular weight excluding hydrogens is 574 g/mol. The zero-order chi connectivity index (χ0) is 27.7. The molecule has 40 heavy (non-hydrogen) atoms. The monoisotopic (exact) mass is 611 g/mol. The first-order valence-corrected chi connectivity index (χ1v) is 14.9. The molecule has 214 valence electrons. The Bertz CT molecular complexity index is 1280. The fourth-order valence-electron chi connectivity index (χ4n) is 5.39. The highest BCUT2D eigenvalue weighted by atomic mass is 79.9. The van der Waals surface area contributed by atoms with Gasteiger partial charge in [-0.15, -0.1) is 0 Å². The lowest BCUT2D eigenvalue weighted by atomic mass is 9.90. The number of methoxy groups -OCH3 is 1. The van der Waals surface area contributed by atoms with E-state index in [9.17, 15) is 4.79 Å². The molecule has 2 aliphatic rings. The third-order valence-electron chi connectivity index (χ3n) is 7.70. The summed E-state index contributed by atoms with van der Waals surface area (Å²) in [4.78, 5) is 25.8. The highest BCUT2D eigenvalue weighted by Gasteiger charge is 2.21. The number of nitrogens with zero attached hydrogens (tertiary/aromatic N) is 4. The maximum Gasteiger partial charge on any atom is 0.320 e. The van der Waals surface area contributed by atoms with Gasteiger partial charge in [0.2, 0.25) is 0 Å². The molecule has 10 heteroatoms. The van der Waals surface area contributed by atoms with Gasteiger partial charge in [0.05, 0.1) is 25.8 Å². The number of carbonyl (C=O) groups excluding carboxylic acids is 1. The molecule has 1 N–H and O–H groups in total. The van der Waals surface area contributed by atoms with E-state index < -0.39 is 0 Å². The number of hydrogen-bond donors (Lipinski definition) is 1. The van der Waals surface area contributed by atoms with Crippen LogP contribution in [0.15, 0.2) is 47.2 Å². The second-order valence-electron chi connectivity index (χ2n) is 10.5. The van der Waals surface area contributed by atoms with Crippen molar-refractivity contribution in [2.75, 3.05) is 64.9 Å². The van der Waals surface area contributed by atoms with E-state index >= 15 is 0 Å². The van der Waals surface area contributed by atoms with Gasteiger partial charge in [0.25, 0.3) is 0 Å². The van der Waals surface area contributed by atoms with Gasteiger partial charge in [-0.2, -0.15) is 0 Å². The maximum absolute atomic E-state index is 12.3. The molecule has 2 aromatic carbocycles. The van der Waals surface area contributed by atoms with Crippen molar-refractivity contribution < 1.29 is 19.0 Å². The third-order valence-corrected chi connectivity index (χ3v) is 8.19. The normalized spacial score (nSPS) is 17.1. The minimum Gasteiger partial charge on any atom is -0.493 e. The number of piperazine rings is 1. The molecule has 1 saturated carbocycles. The highest BCUT2D eigenvalue weighted by molar-refractivity contribution is 9.10. The van der Waals surface area contributed by atoms with E-state index in [1.807, 2.05) is 36.4 Å². The van der Waals surface area contributed by atoms with Crippen LogP contribution < -0.4 is 14.8 Å². The van der Waals surface area contributed by atoms with E-state index in [2.05, 4.69) is 41.0 Å². The Morgan fingerprint density at radius 3 is 2.60 bits per heavy atom. The summed E-state index contributed by atoms with van der Waals surface area (Å²) in [5, 5.41) is 4.23. The summed E-state index contributed by atoms with van der Waals surface area (Å²) in [7, 11) is 1.63. The van der Waals surface area contributed by atoms with Crippen molar-refractivity contribution in [3.8, 4) is 11.5 Å². The van der Waals surface area contributed by atoms with Gasteiger partial charge >= 0.3 is 5.97 Å². The van der Waals surface area contributed by atoms with Crippen LogP contribution in [0.2, 0.25) is 0 Å². The molecule has 0 atom stereocenters. The van der Waals surface area contributed by atoms with Gasteiger partial charge in [-0.25, -0.2) is 9.97 Å². The quantitative estimate of drug-likeness (QED) is 0.291. The Morgan fingerprint density at radius 2 is 1.82 bits per heavy atom. The maximum atomic E-state index is 12.3. The van der Waals surface area contributed by atoms with Gasteiger partial charge in [0.1, 0.15) is 18.8 Å². The fourth-order valence-corrected chi connectivity index (χ4v) is 5.79. The Labute approximate surface area is 244 Å². The molecule has 9 nitrogen and oxygen atoms in total. The van der Waals surface area contributed by atoms with Crippen molar-refractivity contribution >= 4 is 44.3 Å². The number of esters is 1. The minimum atomic E-state index is -0.0940. The topological polar surface area (TPSA) is 89.1 Å². The van der Waals surface area contributed by atoms with Crippen molar-refractivity contribution in [3.63, 3.8) is 0 Å². The molecule has 0 radical (unpaired) electrons. The largest absolute Gasteiger partial charge is 0.493 e. The number of anilines is 2. The van der Waals surface area contributed by atoms with Gasteiger partial charge in [-0.05, 0) is 43.0 Å². The van der Waals surface area contributed by atoms with E-state index in [0.717, 1.165) is 53.8 Å². The summed E-state index contributed by atoms with van der Waals surface area (Å²) in [5.74, 6) is 2.45. The van der Waals surface area contributed by atoms with Gasteiger partial charge in [0, 0.05) is 54.3 Å². The van der Waals surface area contributed by atoms with Crippen LogP contribution in [-0.2, 0) is 9.53 Å². The molecule has 2 fully saturated rings. The highest BCUT2D eigenvalue weighted by Crippen LogP contribution is 2.35. The van der Waals surface area contributed by atoms with Gasteiger partial charge in [-0.1, -0.05) is 41.3 Å². The number of rotatable bonds is 11. The lowest BCUT2D eigenvalue weighted by Crippen LogP contribution is -2.49. The Morgan fingerprint density at radius 1 is 1.02 bits per heavy atom. The predicted octanol–water partition coefficient (Wildman–Crippen LogP) is 5.26. The summed E-state index contributed by atoms with van der Waals surface area (Å²) in [5.41, 5.74) is 1.69. The van der Waals surface area contributed by atoms with Crippen molar-refractivity contribution in [2.24, 2.45) is 5.92 Å². The van der Waals surface area contributed by atoms with Crippen molar-refractivity contribution in [3.05, 3.63) is 47.2 Å². The van der Waals surface area contributed by atoms with Crippen LogP contribution in [0.4, 0.5) is 11.5 Å². The molecule has 3 aromatic rings. The van der Waals surface area contributed by atoms with E-state index in [-0.39, 0.29) is 5.97 Å². The second-order valence-corrected chi connectivity index (χ2v) is 11.4. The lowest BCUT2D eigenvalue weighted by Gasteiger charge is -2.34. The zero-order valence-corrected chi connectivity index (χ0v) is 24.7. The summed E-state index contributed by atoms with van der Waals surface area (Å²) in [6.45, 7) is 5.75. The average molecular weight is 613 g/mol. The summed E-state index contributed by atoms with van der Waals surface area (Å²) in [6, 6.07) is 11.7. The van der Waals surface area contributed by atoms with E-state index in [0.29, 0.717) is 43.0 Å². The van der Waals surface area contributed by atoms with Crippen molar-refractivity contribution in [1.82, 2.24) is 19.8 Å².